The third-order valence-corrected chi connectivity index (χ3v) is 3.07. The summed E-state index contributed by atoms with van der Waals surface area (Å²) in [7, 11) is 0. The fourth-order valence-corrected chi connectivity index (χ4v) is 1.85. The van der Waals surface area contributed by atoms with Crippen molar-refractivity contribution in [2.45, 2.75) is 0 Å². The second-order valence-corrected chi connectivity index (χ2v) is 4.98. The first-order valence-corrected chi connectivity index (χ1v) is 6.86. The average Bonchev–Trinajstić information content (AvgIpc) is 2.48. The molecule has 0 bridgehead atoms. The Bertz CT molecular complexity index is 611. The van der Waals surface area contributed by atoms with Crippen LogP contribution < -0.4 is 10.6 Å². The summed E-state index contributed by atoms with van der Waals surface area (Å²) in [5, 5.41) is 5.92. The van der Waals surface area contributed by atoms with Gasteiger partial charge in [-0.15, -0.1) is 6.58 Å². The van der Waals surface area contributed by atoms with Crippen LogP contribution in [-0.4, -0.2) is 17.4 Å². The van der Waals surface area contributed by atoms with Crippen molar-refractivity contribution in [3.05, 3.63) is 65.4 Å². The molecule has 0 saturated heterocycles. The van der Waals surface area contributed by atoms with Crippen LogP contribution in [0.2, 0.25) is 0 Å². The smallest absolute Gasteiger partial charge is 0.274 e. The lowest BCUT2D eigenvalue weighted by Crippen LogP contribution is -2.14. The number of amides is 1. The van der Waals surface area contributed by atoms with Crippen LogP contribution in [0.15, 0.2) is 59.7 Å². The summed E-state index contributed by atoms with van der Waals surface area (Å²) < 4.78 is 0.962. The Hall–Kier alpha value is -2.14. The van der Waals surface area contributed by atoms with E-state index in [0.717, 1.165) is 15.8 Å². The number of anilines is 2. The molecule has 1 amide bonds. The average molecular weight is 332 g/mol. The maximum Gasteiger partial charge on any atom is 0.274 e. The van der Waals surface area contributed by atoms with Crippen molar-refractivity contribution in [2.75, 3.05) is 17.2 Å². The molecule has 0 atom stereocenters. The van der Waals surface area contributed by atoms with E-state index in [2.05, 4.69) is 38.1 Å². The maximum absolute atomic E-state index is 12.1. The van der Waals surface area contributed by atoms with Gasteiger partial charge in [-0.2, -0.15) is 0 Å². The second-order valence-electron chi connectivity index (χ2n) is 4.06. The number of benzene rings is 1. The highest BCUT2D eigenvalue weighted by atomic mass is 79.9. The Labute approximate surface area is 126 Å². The van der Waals surface area contributed by atoms with Crippen molar-refractivity contribution < 1.29 is 4.79 Å². The molecule has 2 N–H and O–H groups in total. The minimum absolute atomic E-state index is 0.241. The molecule has 2 rings (SSSR count). The van der Waals surface area contributed by atoms with Gasteiger partial charge in [0, 0.05) is 28.6 Å². The SMILES string of the molecule is C=CCNc1ccnc(C(=O)Nc2ccc(Br)cc2)c1. The van der Waals surface area contributed by atoms with E-state index in [4.69, 9.17) is 0 Å². The minimum atomic E-state index is -0.241. The van der Waals surface area contributed by atoms with Crippen molar-refractivity contribution in [1.29, 1.82) is 0 Å². The second kappa shape index (κ2) is 6.86. The quantitative estimate of drug-likeness (QED) is 0.821. The lowest BCUT2D eigenvalue weighted by molar-refractivity contribution is 0.102. The fourth-order valence-electron chi connectivity index (χ4n) is 1.58. The first-order valence-electron chi connectivity index (χ1n) is 6.07. The molecule has 1 heterocycles. The monoisotopic (exact) mass is 331 g/mol. The van der Waals surface area contributed by atoms with Gasteiger partial charge in [0.15, 0.2) is 0 Å². The lowest BCUT2D eigenvalue weighted by atomic mass is 10.2. The van der Waals surface area contributed by atoms with Gasteiger partial charge in [-0.25, -0.2) is 0 Å². The molecule has 0 aliphatic rings. The molecule has 1 aromatic carbocycles. The van der Waals surface area contributed by atoms with Gasteiger partial charge >= 0.3 is 0 Å². The predicted octanol–water partition coefficient (Wildman–Crippen LogP) is 3.69. The van der Waals surface area contributed by atoms with Gasteiger partial charge in [-0.3, -0.25) is 9.78 Å². The van der Waals surface area contributed by atoms with Gasteiger partial charge in [0.25, 0.3) is 5.91 Å². The third-order valence-electron chi connectivity index (χ3n) is 2.55. The van der Waals surface area contributed by atoms with E-state index in [1.165, 1.54) is 0 Å². The van der Waals surface area contributed by atoms with Gasteiger partial charge in [-0.1, -0.05) is 22.0 Å². The van der Waals surface area contributed by atoms with Crippen molar-refractivity contribution in [1.82, 2.24) is 4.98 Å². The number of hydrogen-bond acceptors (Lipinski definition) is 3. The molecule has 2 aromatic rings. The summed E-state index contributed by atoms with van der Waals surface area (Å²) in [4.78, 5) is 16.2. The first kappa shape index (κ1) is 14.3. The van der Waals surface area contributed by atoms with Crippen LogP contribution in [0.3, 0.4) is 0 Å². The van der Waals surface area contributed by atoms with Crippen LogP contribution in [-0.2, 0) is 0 Å². The van der Waals surface area contributed by atoms with E-state index in [9.17, 15) is 4.79 Å². The van der Waals surface area contributed by atoms with Crippen LogP contribution in [0.4, 0.5) is 11.4 Å². The summed E-state index contributed by atoms with van der Waals surface area (Å²) >= 11 is 3.35. The van der Waals surface area contributed by atoms with E-state index >= 15 is 0 Å². The highest BCUT2D eigenvalue weighted by Gasteiger charge is 2.08. The molecule has 0 aliphatic heterocycles. The van der Waals surface area contributed by atoms with Crippen LogP contribution >= 0.6 is 15.9 Å². The molecule has 4 nitrogen and oxygen atoms in total. The molecule has 0 saturated carbocycles. The Kier molecular flexibility index (Phi) is 4.90. The standard InChI is InChI=1S/C15H14BrN3O/c1-2-8-17-13-7-9-18-14(10-13)15(20)19-12-5-3-11(16)4-6-12/h2-7,9-10H,1,8H2,(H,17,18)(H,19,20). The summed E-state index contributed by atoms with van der Waals surface area (Å²) in [6, 6.07) is 10.9. The Morgan fingerprint density at radius 1 is 1.25 bits per heavy atom. The summed E-state index contributed by atoms with van der Waals surface area (Å²) in [5.74, 6) is -0.241. The largest absolute Gasteiger partial charge is 0.381 e. The molecule has 20 heavy (non-hydrogen) atoms. The van der Waals surface area contributed by atoms with Crippen LogP contribution in [0.1, 0.15) is 10.5 Å². The molecule has 5 heteroatoms. The zero-order valence-electron chi connectivity index (χ0n) is 10.8. The normalized spacial score (nSPS) is 9.85. The molecule has 1 aromatic heterocycles. The highest BCUT2D eigenvalue weighted by molar-refractivity contribution is 9.10. The summed E-state index contributed by atoms with van der Waals surface area (Å²) in [6.07, 6.45) is 3.35. The first-order chi connectivity index (χ1) is 9.69. The Balaban J connectivity index is 2.08. The zero-order chi connectivity index (χ0) is 14.4. The van der Waals surface area contributed by atoms with Crippen molar-refractivity contribution in [3.63, 3.8) is 0 Å². The fraction of sp³-hybridized carbons (Fsp3) is 0.0667. The van der Waals surface area contributed by atoms with E-state index in [1.807, 2.05) is 24.3 Å². The van der Waals surface area contributed by atoms with Crippen molar-refractivity contribution in [3.8, 4) is 0 Å². The molecular formula is C15H14BrN3O. The predicted molar refractivity (Wildman–Crippen MR) is 85.0 cm³/mol. The molecule has 0 aliphatic carbocycles. The molecule has 0 fully saturated rings. The third kappa shape index (κ3) is 3.93. The molecule has 0 radical (unpaired) electrons. The van der Waals surface area contributed by atoms with E-state index in [0.29, 0.717) is 12.2 Å². The van der Waals surface area contributed by atoms with E-state index < -0.39 is 0 Å². The lowest BCUT2D eigenvalue weighted by Gasteiger charge is -2.07. The number of carbonyl (C=O) groups excluding carboxylic acids is 1. The van der Waals surface area contributed by atoms with Gasteiger partial charge in [-0.05, 0) is 36.4 Å². The van der Waals surface area contributed by atoms with E-state index in [1.54, 1.807) is 24.4 Å². The molecule has 0 unspecified atom stereocenters. The molecular weight excluding hydrogens is 318 g/mol. The number of aromatic nitrogens is 1. The van der Waals surface area contributed by atoms with Crippen molar-refractivity contribution in [2.24, 2.45) is 0 Å². The Morgan fingerprint density at radius 2 is 2.00 bits per heavy atom. The molecule has 0 spiro atoms. The summed E-state index contributed by atoms with van der Waals surface area (Å²) in [6.45, 7) is 4.27. The van der Waals surface area contributed by atoms with Crippen LogP contribution in [0, 0.1) is 0 Å². The topological polar surface area (TPSA) is 54.0 Å². The van der Waals surface area contributed by atoms with Crippen LogP contribution in [0.25, 0.3) is 0 Å². The van der Waals surface area contributed by atoms with Gasteiger partial charge in [0.1, 0.15) is 5.69 Å². The van der Waals surface area contributed by atoms with Crippen LogP contribution in [0.5, 0.6) is 0 Å². The maximum atomic E-state index is 12.1. The summed E-state index contributed by atoms with van der Waals surface area (Å²) in [5.41, 5.74) is 1.92. The molecule has 102 valence electrons. The van der Waals surface area contributed by atoms with Crippen molar-refractivity contribution >= 4 is 33.2 Å². The number of carbonyl (C=O) groups is 1. The number of nitrogens with zero attached hydrogens (tertiary/aromatic N) is 1. The minimum Gasteiger partial charge on any atom is -0.381 e. The van der Waals surface area contributed by atoms with Gasteiger partial charge in [0.05, 0.1) is 0 Å². The number of rotatable bonds is 5. The number of hydrogen-bond donors (Lipinski definition) is 2. The Morgan fingerprint density at radius 3 is 2.70 bits per heavy atom. The number of halogens is 1. The number of pyridine rings is 1. The van der Waals surface area contributed by atoms with Gasteiger partial charge in [0.2, 0.25) is 0 Å². The van der Waals surface area contributed by atoms with Gasteiger partial charge < -0.3 is 10.6 Å². The number of nitrogens with one attached hydrogen (secondary N) is 2. The van der Waals surface area contributed by atoms with E-state index in [-0.39, 0.29) is 5.91 Å². The zero-order valence-corrected chi connectivity index (χ0v) is 12.4. The highest BCUT2D eigenvalue weighted by Crippen LogP contribution is 2.15.